The van der Waals surface area contributed by atoms with E-state index in [1.165, 1.54) is 17.4 Å². The Hall–Kier alpha value is -1.80. The standard InChI is InChI=1S/C10H10N2O2S/c1-2-14-10(13)7(6-11)5-8-3-4-9(12)15-8/h3-5H,2,12H2,1H3/b7-5+. The predicted molar refractivity (Wildman–Crippen MR) is 59.0 cm³/mol. The average Bonchev–Trinajstić information content (AvgIpc) is 2.61. The number of carbonyl (C=O) groups is 1. The van der Waals surface area contributed by atoms with E-state index in [4.69, 9.17) is 15.7 Å². The zero-order valence-corrected chi connectivity index (χ0v) is 9.00. The molecule has 0 spiro atoms. The molecule has 15 heavy (non-hydrogen) atoms. The summed E-state index contributed by atoms with van der Waals surface area (Å²) in [6.07, 6.45) is 1.47. The highest BCUT2D eigenvalue weighted by Gasteiger charge is 2.09. The van der Waals surface area contributed by atoms with E-state index in [1.807, 2.05) is 0 Å². The molecule has 78 valence electrons. The van der Waals surface area contributed by atoms with Crippen LogP contribution in [0.25, 0.3) is 6.08 Å². The van der Waals surface area contributed by atoms with Crippen molar-refractivity contribution in [1.29, 1.82) is 5.26 Å². The van der Waals surface area contributed by atoms with Gasteiger partial charge in [0.1, 0.15) is 11.6 Å². The summed E-state index contributed by atoms with van der Waals surface area (Å²) in [5, 5.41) is 9.39. The monoisotopic (exact) mass is 222 g/mol. The molecule has 1 rings (SSSR count). The Morgan fingerprint density at radius 1 is 1.73 bits per heavy atom. The van der Waals surface area contributed by atoms with Gasteiger partial charge >= 0.3 is 5.97 Å². The van der Waals surface area contributed by atoms with E-state index in [2.05, 4.69) is 0 Å². The Morgan fingerprint density at radius 2 is 2.47 bits per heavy atom. The van der Waals surface area contributed by atoms with Crippen molar-refractivity contribution in [1.82, 2.24) is 0 Å². The first-order valence-corrected chi connectivity index (χ1v) is 5.13. The Morgan fingerprint density at radius 3 is 2.93 bits per heavy atom. The second kappa shape index (κ2) is 5.17. The molecule has 0 saturated heterocycles. The van der Waals surface area contributed by atoms with Crippen LogP contribution in [0, 0.1) is 11.3 Å². The molecule has 0 radical (unpaired) electrons. The molecule has 0 amide bonds. The number of nitrogens with two attached hydrogens (primary N) is 1. The highest BCUT2D eigenvalue weighted by Crippen LogP contribution is 2.21. The molecule has 0 fully saturated rings. The van der Waals surface area contributed by atoms with Gasteiger partial charge in [0.25, 0.3) is 0 Å². The number of nitriles is 1. The molecule has 1 aromatic heterocycles. The Labute approximate surface area is 91.6 Å². The van der Waals surface area contributed by atoms with Crippen LogP contribution in [0.4, 0.5) is 5.00 Å². The number of esters is 1. The molecule has 0 saturated carbocycles. The van der Waals surface area contributed by atoms with Crippen molar-refractivity contribution in [3.8, 4) is 6.07 Å². The molecular weight excluding hydrogens is 212 g/mol. The maximum Gasteiger partial charge on any atom is 0.348 e. The summed E-state index contributed by atoms with van der Waals surface area (Å²) in [7, 11) is 0. The molecule has 0 atom stereocenters. The Kier molecular flexibility index (Phi) is 3.89. The average molecular weight is 222 g/mol. The van der Waals surface area contributed by atoms with Crippen molar-refractivity contribution in [2.75, 3.05) is 12.3 Å². The second-order valence-electron chi connectivity index (χ2n) is 2.63. The normalized spacial score (nSPS) is 10.8. The lowest BCUT2D eigenvalue weighted by Crippen LogP contribution is -2.05. The van der Waals surface area contributed by atoms with Crippen LogP contribution < -0.4 is 5.73 Å². The number of rotatable bonds is 3. The molecule has 0 bridgehead atoms. The predicted octanol–water partition coefficient (Wildman–Crippen LogP) is 1.80. The van der Waals surface area contributed by atoms with Crippen LogP contribution in [0.1, 0.15) is 11.8 Å². The molecule has 0 aliphatic heterocycles. The minimum absolute atomic E-state index is 0.0151. The molecule has 1 aromatic rings. The number of hydrogen-bond acceptors (Lipinski definition) is 5. The van der Waals surface area contributed by atoms with Gasteiger partial charge in [-0.3, -0.25) is 0 Å². The quantitative estimate of drug-likeness (QED) is 0.480. The zero-order valence-electron chi connectivity index (χ0n) is 8.19. The van der Waals surface area contributed by atoms with E-state index >= 15 is 0 Å². The fourth-order valence-electron chi connectivity index (χ4n) is 0.934. The number of carbonyl (C=O) groups excluding carboxylic acids is 1. The van der Waals surface area contributed by atoms with Crippen LogP contribution in [0.15, 0.2) is 17.7 Å². The van der Waals surface area contributed by atoms with Crippen molar-refractivity contribution in [2.24, 2.45) is 0 Å². The Balaban J connectivity index is 2.88. The molecule has 2 N–H and O–H groups in total. The fraction of sp³-hybridized carbons (Fsp3) is 0.200. The summed E-state index contributed by atoms with van der Waals surface area (Å²) in [6.45, 7) is 1.94. The third-order valence-electron chi connectivity index (χ3n) is 1.55. The number of nitrogen functional groups attached to an aromatic ring is 1. The minimum Gasteiger partial charge on any atom is -0.462 e. The highest BCUT2D eigenvalue weighted by atomic mass is 32.1. The maximum absolute atomic E-state index is 11.2. The molecule has 5 heteroatoms. The molecule has 4 nitrogen and oxygen atoms in total. The fourth-order valence-corrected chi connectivity index (χ4v) is 1.66. The molecule has 0 unspecified atom stereocenters. The largest absolute Gasteiger partial charge is 0.462 e. The van der Waals surface area contributed by atoms with Crippen LogP contribution in [-0.2, 0) is 9.53 Å². The van der Waals surface area contributed by atoms with Gasteiger partial charge in [-0.15, -0.1) is 11.3 Å². The van der Waals surface area contributed by atoms with Crippen LogP contribution in [0.5, 0.6) is 0 Å². The molecule has 0 aliphatic carbocycles. The first-order chi connectivity index (χ1) is 7.17. The summed E-state index contributed by atoms with van der Waals surface area (Å²) in [6, 6.07) is 5.26. The van der Waals surface area contributed by atoms with Crippen molar-refractivity contribution in [3.05, 3.63) is 22.6 Å². The number of anilines is 1. The van der Waals surface area contributed by atoms with E-state index in [0.29, 0.717) is 5.00 Å². The first kappa shape index (κ1) is 11.3. The van der Waals surface area contributed by atoms with Gasteiger partial charge in [0, 0.05) is 4.88 Å². The van der Waals surface area contributed by atoms with Crippen molar-refractivity contribution < 1.29 is 9.53 Å². The lowest BCUT2D eigenvalue weighted by atomic mass is 10.2. The highest BCUT2D eigenvalue weighted by molar-refractivity contribution is 7.16. The van der Waals surface area contributed by atoms with Gasteiger partial charge < -0.3 is 10.5 Å². The summed E-state index contributed by atoms with van der Waals surface area (Å²) in [4.78, 5) is 12.0. The number of hydrogen-bond donors (Lipinski definition) is 1. The lowest BCUT2D eigenvalue weighted by molar-refractivity contribution is -0.137. The van der Waals surface area contributed by atoms with E-state index in [0.717, 1.165) is 4.88 Å². The second-order valence-corrected chi connectivity index (χ2v) is 3.78. The van der Waals surface area contributed by atoms with E-state index in [9.17, 15) is 4.79 Å². The lowest BCUT2D eigenvalue weighted by Gasteiger charge is -1.97. The van der Waals surface area contributed by atoms with Crippen LogP contribution in [-0.4, -0.2) is 12.6 Å². The topological polar surface area (TPSA) is 76.1 Å². The Bertz CT molecular complexity index is 429. The van der Waals surface area contributed by atoms with E-state index in [1.54, 1.807) is 25.1 Å². The van der Waals surface area contributed by atoms with Crippen LogP contribution in [0.3, 0.4) is 0 Å². The first-order valence-electron chi connectivity index (χ1n) is 4.31. The molecule has 1 heterocycles. The van der Waals surface area contributed by atoms with Gasteiger partial charge in [-0.1, -0.05) is 0 Å². The van der Waals surface area contributed by atoms with Gasteiger partial charge in [0.05, 0.1) is 11.6 Å². The van der Waals surface area contributed by atoms with Crippen LogP contribution in [0.2, 0.25) is 0 Å². The summed E-state index contributed by atoms with van der Waals surface area (Å²) >= 11 is 1.31. The van der Waals surface area contributed by atoms with Gasteiger partial charge in [-0.25, -0.2) is 4.79 Å². The number of thiophene rings is 1. The van der Waals surface area contributed by atoms with Crippen molar-refractivity contribution in [2.45, 2.75) is 6.92 Å². The summed E-state index contributed by atoms with van der Waals surface area (Å²) in [5.41, 5.74) is 5.51. The van der Waals surface area contributed by atoms with Gasteiger partial charge in [0.15, 0.2) is 0 Å². The number of nitrogens with zero attached hydrogens (tertiary/aromatic N) is 1. The van der Waals surface area contributed by atoms with Crippen molar-refractivity contribution in [3.63, 3.8) is 0 Å². The van der Waals surface area contributed by atoms with Gasteiger partial charge in [-0.2, -0.15) is 5.26 Å². The van der Waals surface area contributed by atoms with E-state index in [-0.39, 0.29) is 12.2 Å². The van der Waals surface area contributed by atoms with Crippen molar-refractivity contribution >= 4 is 28.4 Å². The molecular formula is C10H10N2O2S. The third-order valence-corrected chi connectivity index (χ3v) is 2.41. The van der Waals surface area contributed by atoms with Gasteiger partial charge in [0.2, 0.25) is 0 Å². The number of ether oxygens (including phenoxy) is 1. The zero-order chi connectivity index (χ0) is 11.3. The minimum atomic E-state index is -0.605. The SMILES string of the molecule is CCOC(=O)/C(C#N)=C/c1ccc(N)s1. The smallest absolute Gasteiger partial charge is 0.348 e. The molecule has 0 aliphatic rings. The maximum atomic E-state index is 11.2. The van der Waals surface area contributed by atoms with Crippen LogP contribution >= 0.6 is 11.3 Å². The third kappa shape index (κ3) is 3.11. The summed E-state index contributed by atoms with van der Waals surface area (Å²) < 4.78 is 4.72. The molecule has 0 aromatic carbocycles. The van der Waals surface area contributed by atoms with Gasteiger partial charge in [-0.05, 0) is 25.1 Å². The van der Waals surface area contributed by atoms with E-state index < -0.39 is 5.97 Å². The summed E-state index contributed by atoms with van der Waals surface area (Å²) in [5.74, 6) is -0.605.